The third-order valence-corrected chi connectivity index (χ3v) is 2.21. The molecule has 0 saturated heterocycles. The van der Waals surface area contributed by atoms with Crippen LogP contribution in [0.15, 0.2) is 6.07 Å². The van der Waals surface area contributed by atoms with Gasteiger partial charge in [-0.05, 0) is 13.8 Å². The molecule has 0 bridgehead atoms. The maximum absolute atomic E-state index is 12.6. The number of carbonyl (C=O) groups is 1. The van der Waals surface area contributed by atoms with Gasteiger partial charge in [0.15, 0.2) is 0 Å². The molecule has 9 heteroatoms. The van der Waals surface area contributed by atoms with Crippen molar-refractivity contribution in [3.05, 3.63) is 11.9 Å². The smallest absolute Gasteiger partial charge is 0.384 e. The predicted molar refractivity (Wildman–Crippen MR) is 68.0 cm³/mol. The third kappa shape index (κ3) is 4.56. The Labute approximate surface area is 114 Å². The summed E-state index contributed by atoms with van der Waals surface area (Å²) in [5.74, 6) is -2.03. The van der Waals surface area contributed by atoms with Gasteiger partial charge in [0.2, 0.25) is 11.7 Å². The van der Waals surface area contributed by atoms with Gasteiger partial charge in [0.05, 0.1) is 6.54 Å². The molecule has 0 saturated carbocycles. The Kier molecular flexibility index (Phi) is 4.74. The number of nitrogens with two attached hydrogens (primary N) is 1. The first-order valence-corrected chi connectivity index (χ1v) is 5.82. The maximum atomic E-state index is 12.6. The molecule has 1 rings (SSSR count). The topological polar surface area (TPSA) is 84.1 Å². The van der Waals surface area contributed by atoms with Gasteiger partial charge in [0, 0.05) is 19.2 Å². The Hall–Kier alpha value is -2.06. The highest BCUT2D eigenvalue weighted by Gasteiger charge is 2.35. The molecule has 0 spiro atoms. The number of carbonyl (C=O) groups excluding carboxylic acids is 1. The summed E-state index contributed by atoms with van der Waals surface area (Å²) < 4.78 is 37.7. The molecule has 0 aromatic carbocycles. The van der Waals surface area contributed by atoms with Crippen LogP contribution in [0.5, 0.6) is 0 Å². The van der Waals surface area contributed by atoms with Crippen molar-refractivity contribution in [1.82, 2.24) is 15.3 Å². The number of nitrogens with zero attached hydrogens (tertiary/aromatic N) is 3. The maximum Gasteiger partial charge on any atom is 0.451 e. The number of anilines is 2. The van der Waals surface area contributed by atoms with Crippen LogP contribution in [0.4, 0.5) is 24.8 Å². The molecular weight excluding hydrogens is 275 g/mol. The molecule has 1 amide bonds. The van der Waals surface area contributed by atoms with Gasteiger partial charge in [-0.2, -0.15) is 13.2 Å². The Morgan fingerprint density at radius 1 is 1.45 bits per heavy atom. The van der Waals surface area contributed by atoms with Crippen molar-refractivity contribution in [2.24, 2.45) is 0 Å². The minimum atomic E-state index is -4.69. The van der Waals surface area contributed by atoms with Crippen LogP contribution in [0.25, 0.3) is 0 Å². The van der Waals surface area contributed by atoms with Crippen molar-refractivity contribution in [3.63, 3.8) is 0 Å². The van der Waals surface area contributed by atoms with Gasteiger partial charge in [-0.1, -0.05) is 0 Å². The minimum absolute atomic E-state index is 0.0582. The number of halogens is 3. The first-order valence-electron chi connectivity index (χ1n) is 5.82. The number of hydrogen-bond donors (Lipinski definition) is 2. The molecule has 1 aromatic rings. The summed E-state index contributed by atoms with van der Waals surface area (Å²) >= 11 is 0. The molecule has 0 radical (unpaired) electrons. The highest BCUT2D eigenvalue weighted by atomic mass is 19.4. The molecule has 20 heavy (non-hydrogen) atoms. The van der Waals surface area contributed by atoms with E-state index in [9.17, 15) is 18.0 Å². The van der Waals surface area contributed by atoms with Gasteiger partial charge in [-0.25, -0.2) is 9.97 Å². The number of amides is 1. The van der Waals surface area contributed by atoms with Crippen molar-refractivity contribution in [3.8, 4) is 0 Å². The Morgan fingerprint density at radius 3 is 2.55 bits per heavy atom. The fourth-order valence-corrected chi connectivity index (χ4v) is 1.44. The summed E-state index contributed by atoms with van der Waals surface area (Å²) in [6, 6.07) is 1.12. The van der Waals surface area contributed by atoms with Gasteiger partial charge in [-0.15, -0.1) is 0 Å². The third-order valence-electron chi connectivity index (χ3n) is 2.21. The summed E-state index contributed by atoms with van der Waals surface area (Å²) in [7, 11) is 1.45. The standard InChI is InChI=1S/C11H16F3N5O/c1-6(2)16-9(20)5-19(3)8-4-7(15)17-10(18-8)11(12,13)14/h4,6H,5H2,1-3H3,(H,16,20)(H2,15,17,18). The van der Waals surface area contributed by atoms with Crippen LogP contribution in [-0.2, 0) is 11.0 Å². The number of hydrogen-bond acceptors (Lipinski definition) is 5. The monoisotopic (exact) mass is 291 g/mol. The zero-order valence-corrected chi connectivity index (χ0v) is 11.3. The molecule has 0 aliphatic carbocycles. The fraction of sp³-hybridized carbons (Fsp3) is 0.545. The summed E-state index contributed by atoms with van der Waals surface area (Å²) in [6.45, 7) is 3.43. The van der Waals surface area contributed by atoms with Crippen molar-refractivity contribution in [2.75, 3.05) is 24.2 Å². The van der Waals surface area contributed by atoms with Crippen molar-refractivity contribution < 1.29 is 18.0 Å². The molecule has 0 unspecified atom stereocenters. The zero-order valence-electron chi connectivity index (χ0n) is 11.3. The van der Waals surface area contributed by atoms with Crippen LogP contribution < -0.4 is 16.0 Å². The fourth-order valence-electron chi connectivity index (χ4n) is 1.44. The van der Waals surface area contributed by atoms with E-state index in [0.717, 1.165) is 0 Å². The van der Waals surface area contributed by atoms with E-state index in [2.05, 4.69) is 15.3 Å². The largest absolute Gasteiger partial charge is 0.451 e. The van der Waals surface area contributed by atoms with E-state index >= 15 is 0 Å². The second-order valence-corrected chi connectivity index (χ2v) is 4.55. The van der Waals surface area contributed by atoms with Crippen LogP contribution in [-0.4, -0.2) is 35.5 Å². The minimum Gasteiger partial charge on any atom is -0.384 e. The summed E-state index contributed by atoms with van der Waals surface area (Å²) in [5.41, 5.74) is 5.33. The van der Waals surface area contributed by atoms with Gasteiger partial charge in [0.1, 0.15) is 11.6 Å². The van der Waals surface area contributed by atoms with E-state index in [1.54, 1.807) is 13.8 Å². The second kappa shape index (κ2) is 5.93. The first-order chi connectivity index (χ1) is 9.09. The van der Waals surface area contributed by atoms with Gasteiger partial charge < -0.3 is 16.0 Å². The van der Waals surface area contributed by atoms with E-state index in [-0.39, 0.29) is 30.1 Å². The lowest BCUT2D eigenvalue weighted by Crippen LogP contribution is -2.39. The van der Waals surface area contributed by atoms with Crippen LogP contribution in [0.3, 0.4) is 0 Å². The number of likely N-dealkylation sites (N-methyl/N-ethyl adjacent to an activating group) is 1. The first kappa shape index (κ1) is 16.0. The summed E-state index contributed by atoms with van der Waals surface area (Å²) in [4.78, 5) is 19.3. The summed E-state index contributed by atoms with van der Waals surface area (Å²) in [5, 5.41) is 2.63. The molecule has 1 aromatic heterocycles. The average molecular weight is 291 g/mol. The second-order valence-electron chi connectivity index (χ2n) is 4.55. The molecule has 1 heterocycles. The van der Waals surface area contributed by atoms with Gasteiger partial charge in [0.25, 0.3) is 0 Å². The quantitative estimate of drug-likeness (QED) is 0.866. The number of rotatable bonds is 4. The van der Waals surface area contributed by atoms with E-state index in [4.69, 9.17) is 5.73 Å². The molecule has 0 fully saturated rings. The SMILES string of the molecule is CC(C)NC(=O)CN(C)c1cc(N)nc(C(F)(F)F)n1. The van der Waals surface area contributed by atoms with E-state index in [0.29, 0.717) is 0 Å². The molecule has 0 aliphatic rings. The molecule has 112 valence electrons. The number of alkyl halides is 3. The number of aromatic nitrogens is 2. The summed E-state index contributed by atoms with van der Waals surface area (Å²) in [6.07, 6.45) is -4.69. The van der Waals surface area contributed by atoms with E-state index in [1.807, 2.05) is 0 Å². The Bertz CT molecular complexity index is 489. The van der Waals surface area contributed by atoms with Crippen LogP contribution in [0, 0.1) is 0 Å². The number of nitrogen functional groups attached to an aromatic ring is 1. The average Bonchev–Trinajstić information content (AvgIpc) is 2.25. The Morgan fingerprint density at radius 2 is 2.05 bits per heavy atom. The van der Waals surface area contributed by atoms with Gasteiger partial charge >= 0.3 is 6.18 Å². The van der Waals surface area contributed by atoms with Crippen LogP contribution in [0.1, 0.15) is 19.7 Å². The lowest BCUT2D eigenvalue weighted by atomic mass is 10.3. The highest BCUT2D eigenvalue weighted by molar-refractivity contribution is 5.81. The predicted octanol–water partition coefficient (Wildman–Crippen LogP) is 1.04. The molecule has 0 aliphatic heterocycles. The van der Waals surface area contributed by atoms with Crippen molar-refractivity contribution in [1.29, 1.82) is 0 Å². The molecule has 6 nitrogen and oxygen atoms in total. The van der Waals surface area contributed by atoms with Crippen LogP contribution >= 0.6 is 0 Å². The van der Waals surface area contributed by atoms with E-state index < -0.39 is 12.0 Å². The lowest BCUT2D eigenvalue weighted by molar-refractivity contribution is -0.144. The molecule has 0 atom stereocenters. The number of nitrogens with one attached hydrogen (secondary N) is 1. The van der Waals surface area contributed by atoms with Gasteiger partial charge in [-0.3, -0.25) is 4.79 Å². The zero-order chi connectivity index (χ0) is 15.5. The highest BCUT2D eigenvalue weighted by Crippen LogP contribution is 2.28. The van der Waals surface area contributed by atoms with E-state index in [1.165, 1.54) is 18.0 Å². The van der Waals surface area contributed by atoms with Crippen molar-refractivity contribution in [2.45, 2.75) is 26.1 Å². The lowest BCUT2D eigenvalue weighted by Gasteiger charge is -2.19. The van der Waals surface area contributed by atoms with Crippen molar-refractivity contribution >= 4 is 17.5 Å². The van der Waals surface area contributed by atoms with Crippen LogP contribution in [0.2, 0.25) is 0 Å². The molecule has 3 N–H and O–H groups in total. The molecular formula is C11H16F3N5O. The normalized spacial score (nSPS) is 11.6. The Balaban J connectivity index is 2.90.